The lowest BCUT2D eigenvalue weighted by Crippen LogP contribution is -2.54. The van der Waals surface area contributed by atoms with E-state index >= 15 is 0 Å². The van der Waals surface area contributed by atoms with Crippen molar-refractivity contribution in [2.24, 2.45) is 5.92 Å². The van der Waals surface area contributed by atoms with Crippen molar-refractivity contribution in [3.8, 4) is 17.2 Å². The van der Waals surface area contributed by atoms with Crippen molar-refractivity contribution in [2.45, 2.75) is 50.5 Å². The monoisotopic (exact) mass is 453 g/mol. The lowest BCUT2D eigenvalue weighted by molar-refractivity contribution is -0.160. The van der Waals surface area contributed by atoms with Crippen LogP contribution in [0.25, 0.3) is 0 Å². The van der Waals surface area contributed by atoms with Crippen molar-refractivity contribution < 1.29 is 34.0 Å². The van der Waals surface area contributed by atoms with Crippen LogP contribution in [0.3, 0.4) is 0 Å². The molecule has 0 saturated carbocycles. The summed E-state index contributed by atoms with van der Waals surface area (Å²) in [5, 5.41) is 19.3. The summed E-state index contributed by atoms with van der Waals surface area (Å²) < 4.78 is 18.1. The molecule has 0 aromatic heterocycles. The van der Waals surface area contributed by atoms with Gasteiger partial charge in [-0.2, -0.15) is 0 Å². The van der Waals surface area contributed by atoms with Gasteiger partial charge in [0.15, 0.2) is 18.1 Å². The highest BCUT2D eigenvalue weighted by Crippen LogP contribution is 2.54. The second-order valence-corrected chi connectivity index (χ2v) is 9.37. The topological polar surface area (TPSA) is 106 Å². The maximum Gasteiger partial charge on any atom is 0.341 e. The molecule has 8 nitrogen and oxygen atoms in total. The van der Waals surface area contributed by atoms with Crippen LogP contribution in [0.1, 0.15) is 48.7 Å². The SMILES string of the molecule is CC1(C)Oc2c(O)cccc2[C@H]2O[C@H]3CCN(C(=O)c4ccccc4OCC(=O)O)[C@H]3C[C@@H]21. The van der Waals surface area contributed by atoms with Gasteiger partial charge >= 0.3 is 5.97 Å². The van der Waals surface area contributed by atoms with Gasteiger partial charge < -0.3 is 29.3 Å². The second kappa shape index (κ2) is 7.95. The highest BCUT2D eigenvalue weighted by Gasteiger charge is 2.54. The predicted molar refractivity (Wildman–Crippen MR) is 118 cm³/mol. The Balaban J connectivity index is 1.42. The van der Waals surface area contributed by atoms with Gasteiger partial charge in [-0.05, 0) is 44.9 Å². The van der Waals surface area contributed by atoms with E-state index in [0.29, 0.717) is 30.7 Å². The first-order valence-electron chi connectivity index (χ1n) is 11.2. The molecule has 0 aliphatic carbocycles. The van der Waals surface area contributed by atoms with Crippen molar-refractivity contribution in [1.82, 2.24) is 4.90 Å². The van der Waals surface area contributed by atoms with Crippen LogP contribution >= 0.6 is 0 Å². The number of aliphatic carboxylic acids is 1. The molecule has 5 rings (SSSR count). The normalized spacial score (nSPS) is 27.0. The fraction of sp³-hybridized carbons (Fsp3) is 0.440. The molecular formula is C25H27NO7. The van der Waals surface area contributed by atoms with E-state index in [1.807, 2.05) is 24.8 Å². The summed E-state index contributed by atoms with van der Waals surface area (Å²) >= 11 is 0. The second-order valence-electron chi connectivity index (χ2n) is 9.37. The largest absolute Gasteiger partial charge is 0.504 e. The number of ether oxygens (including phenoxy) is 3. The number of carbonyl (C=O) groups excluding carboxylic acids is 1. The van der Waals surface area contributed by atoms with Gasteiger partial charge in [-0.25, -0.2) is 4.79 Å². The molecule has 33 heavy (non-hydrogen) atoms. The summed E-state index contributed by atoms with van der Waals surface area (Å²) in [6.07, 6.45) is 1.04. The molecule has 2 aromatic rings. The van der Waals surface area contributed by atoms with Crippen LogP contribution in [0.5, 0.6) is 17.2 Å². The first kappa shape index (κ1) is 21.6. The summed E-state index contributed by atoms with van der Waals surface area (Å²) in [6.45, 7) is 4.00. The zero-order valence-electron chi connectivity index (χ0n) is 18.6. The first-order valence-corrected chi connectivity index (χ1v) is 11.2. The molecule has 3 aliphatic heterocycles. The number of phenols is 1. The molecule has 2 N–H and O–H groups in total. The number of nitrogens with zero attached hydrogens (tertiary/aromatic N) is 1. The number of amides is 1. The Hall–Kier alpha value is -3.26. The van der Waals surface area contributed by atoms with Crippen LogP contribution in [0.4, 0.5) is 0 Å². The van der Waals surface area contributed by atoms with E-state index < -0.39 is 18.2 Å². The van der Waals surface area contributed by atoms with Gasteiger partial charge in [-0.15, -0.1) is 0 Å². The summed E-state index contributed by atoms with van der Waals surface area (Å²) in [6, 6.07) is 11.9. The van der Waals surface area contributed by atoms with Gasteiger partial charge in [0.05, 0.1) is 23.8 Å². The Morgan fingerprint density at radius 2 is 1.97 bits per heavy atom. The van der Waals surface area contributed by atoms with Crippen LogP contribution < -0.4 is 9.47 Å². The molecule has 0 bridgehead atoms. The lowest BCUT2D eigenvalue weighted by Gasteiger charge is -2.50. The van der Waals surface area contributed by atoms with E-state index in [1.54, 1.807) is 36.4 Å². The van der Waals surface area contributed by atoms with E-state index in [4.69, 9.17) is 19.3 Å². The zero-order valence-corrected chi connectivity index (χ0v) is 18.6. The molecule has 3 aliphatic rings. The quantitative estimate of drug-likeness (QED) is 0.731. The molecule has 3 heterocycles. The molecule has 0 unspecified atom stereocenters. The number of hydrogen-bond acceptors (Lipinski definition) is 6. The smallest absolute Gasteiger partial charge is 0.341 e. The van der Waals surface area contributed by atoms with Crippen LogP contribution in [-0.2, 0) is 9.53 Å². The van der Waals surface area contributed by atoms with Crippen molar-refractivity contribution >= 4 is 11.9 Å². The number of likely N-dealkylation sites (tertiary alicyclic amines) is 1. The maximum atomic E-state index is 13.5. The van der Waals surface area contributed by atoms with Crippen molar-refractivity contribution in [1.29, 1.82) is 0 Å². The molecule has 0 radical (unpaired) electrons. The van der Waals surface area contributed by atoms with E-state index in [1.165, 1.54) is 0 Å². The third-order valence-electron chi connectivity index (χ3n) is 6.99. The van der Waals surface area contributed by atoms with Crippen LogP contribution in [0.2, 0.25) is 0 Å². The van der Waals surface area contributed by atoms with Gasteiger partial charge in [0.25, 0.3) is 5.91 Å². The van der Waals surface area contributed by atoms with Crippen molar-refractivity contribution in [3.05, 3.63) is 53.6 Å². The van der Waals surface area contributed by atoms with Crippen molar-refractivity contribution in [3.63, 3.8) is 0 Å². The Morgan fingerprint density at radius 3 is 2.76 bits per heavy atom. The summed E-state index contributed by atoms with van der Waals surface area (Å²) in [7, 11) is 0. The van der Waals surface area contributed by atoms with E-state index in [-0.39, 0.29) is 41.6 Å². The molecule has 2 fully saturated rings. The van der Waals surface area contributed by atoms with Gasteiger partial charge in [0.2, 0.25) is 0 Å². The van der Waals surface area contributed by atoms with Crippen LogP contribution in [0.15, 0.2) is 42.5 Å². The number of carboxylic acids is 1. The van der Waals surface area contributed by atoms with E-state index in [0.717, 1.165) is 5.56 Å². The maximum absolute atomic E-state index is 13.5. The Kier molecular flexibility index (Phi) is 5.20. The Labute approximate surface area is 191 Å². The lowest BCUT2D eigenvalue weighted by atomic mass is 9.74. The summed E-state index contributed by atoms with van der Waals surface area (Å²) in [5.41, 5.74) is 0.590. The van der Waals surface area contributed by atoms with Gasteiger partial charge in [-0.1, -0.05) is 24.3 Å². The summed E-state index contributed by atoms with van der Waals surface area (Å²) in [4.78, 5) is 26.3. The number of benzene rings is 2. The standard InChI is InChI=1S/C25H27NO7/c1-25(2)16-12-17-20(32-22(16)15-7-5-8-18(27)23(15)33-25)10-11-26(17)24(30)14-6-3-4-9-19(14)31-13-21(28)29/h3-9,16-17,20,22,27H,10-13H2,1-2H3,(H,28,29)/t16-,17-,20-,22+/m0/s1. The minimum Gasteiger partial charge on any atom is -0.504 e. The van der Waals surface area contributed by atoms with E-state index in [9.17, 15) is 14.7 Å². The van der Waals surface area contributed by atoms with E-state index in [2.05, 4.69) is 0 Å². The third-order valence-corrected chi connectivity index (χ3v) is 6.99. The van der Waals surface area contributed by atoms with Crippen molar-refractivity contribution in [2.75, 3.05) is 13.2 Å². The number of fused-ring (bicyclic) bond motifs is 4. The van der Waals surface area contributed by atoms with Crippen LogP contribution in [0, 0.1) is 5.92 Å². The molecule has 4 atom stereocenters. The Morgan fingerprint density at radius 1 is 1.18 bits per heavy atom. The van der Waals surface area contributed by atoms with Crippen LogP contribution in [-0.4, -0.2) is 57.9 Å². The fourth-order valence-corrected chi connectivity index (χ4v) is 5.40. The molecule has 0 spiro atoms. The average molecular weight is 453 g/mol. The Bertz CT molecular complexity index is 1100. The number of para-hydroxylation sites is 2. The van der Waals surface area contributed by atoms with Gasteiger partial charge in [0, 0.05) is 18.0 Å². The number of carbonyl (C=O) groups is 2. The van der Waals surface area contributed by atoms with Gasteiger partial charge in [0.1, 0.15) is 11.4 Å². The first-order chi connectivity index (χ1) is 15.8. The molecule has 8 heteroatoms. The number of hydrogen-bond donors (Lipinski definition) is 2. The molecule has 2 aromatic carbocycles. The molecule has 1 amide bonds. The highest BCUT2D eigenvalue weighted by molar-refractivity contribution is 5.97. The molecule has 174 valence electrons. The number of phenolic OH excluding ortho intramolecular Hbond substituents is 1. The number of carboxylic acid groups (broad SMARTS) is 1. The highest BCUT2D eigenvalue weighted by atomic mass is 16.5. The summed E-state index contributed by atoms with van der Waals surface area (Å²) in [5.74, 6) is -0.480. The predicted octanol–water partition coefficient (Wildman–Crippen LogP) is 3.39. The zero-order chi connectivity index (χ0) is 23.3. The number of rotatable bonds is 4. The number of aromatic hydroxyl groups is 1. The average Bonchev–Trinajstić information content (AvgIpc) is 3.20. The third kappa shape index (κ3) is 3.68. The fourth-order valence-electron chi connectivity index (χ4n) is 5.40. The minimum atomic E-state index is -1.10. The van der Waals surface area contributed by atoms with Gasteiger partial charge in [-0.3, -0.25) is 4.79 Å². The molecular weight excluding hydrogens is 426 g/mol. The minimum absolute atomic E-state index is 0.0139. The molecule has 2 saturated heterocycles.